The molecule has 0 fully saturated rings. The number of hydrogen-bond donors (Lipinski definition) is 0. The zero-order valence-corrected chi connectivity index (χ0v) is 29.4. The van der Waals surface area contributed by atoms with E-state index in [1.54, 1.807) is 37.2 Å². The standard InChI is InChI=1S/C10H12N2O.3C9H10N2O.CH4/c1-10(2,3)9-12-7-4-5-11-6-8(7)13-9;1-6(2)9-11-7-5-10-4-3-8(7)12-9;1-6(2)9-11-8-7(12-9)4-3-5-10-8;1-6(2)8-11-7-4-3-5-10-9(7)12-8;/h4-6H,1-3H3;3*3-6H,1-2H3;1H4. The molecule has 0 N–H and O–H groups in total. The fraction of sp³-hybridized carbons (Fsp3) is 0.368. The number of aromatic nitrogens is 8. The maximum absolute atomic E-state index is 5.56. The van der Waals surface area contributed by atoms with Crippen molar-refractivity contribution < 1.29 is 17.7 Å². The number of rotatable bonds is 3. The van der Waals surface area contributed by atoms with Crippen LogP contribution in [0.5, 0.6) is 0 Å². The molecule has 0 amide bonds. The topological polar surface area (TPSA) is 156 Å². The lowest BCUT2D eigenvalue weighted by Gasteiger charge is -2.11. The van der Waals surface area contributed by atoms with Crippen molar-refractivity contribution in [3.8, 4) is 0 Å². The summed E-state index contributed by atoms with van der Waals surface area (Å²) in [6, 6.07) is 11.2. The van der Waals surface area contributed by atoms with Gasteiger partial charge in [-0.05, 0) is 30.3 Å². The minimum atomic E-state index is -0.0426. The van der Waals surface area contributed by atoms with Crippen LogP contribution in [0.1, 0.15) is 111 Å². The molecular weight excluding hydrogens is 632 g/mol. The van der Waals surface area contributed by atoms with Gasteiger partial charge < -0.3 is 17.7 Å². The fourth-order valence-electron chi connectivity index (χ4n) is 4.21. The van der Waals surface area contributed by atoms with Gasteiger partial charge in [0, 0.05) is 54.0 Å². The van der Waals surface area contributed by atoms with Gasteiger partial charge in [0.15, 0.2) is 40.1 Å². The van der Waals surface area contributed by atoms with Crippen LogP contribution < -0.4 is 0 Å². The van der Waals surface area contributed by atoms with E-state index in [-0.39, 0.29) is 12.8 Å². The van der Waals surface area contributed by atoms with Gasteiger partial charge in [-0.25, -0.2) is 24.9 Å². The highest BCUT2D eigenvalue weighted by atomic mass is 16.4. The third-order valence-corrected chi connectivity index (χ3v) is 6.89. The maximum atomic E-state index is 5.56. The first-order valence-electron chi connectivity index (χ1n) is 16.2. The molecule has 0 saturated heterocycles. The second-order valence-corrected chi connectivity index (χ2v) is 13.2. The van der Waals surface area contributed by atoms with Crippen molar-refractivity contribution in [2.24, 2.45) is 0 Å². The molecule has 0 aliphatic rings. The van der Waals surface area contributed by atoms with Crippen molar-refractivity contribution in [1.82, 2.24) is 39.9 Å². The van der Waals surface area contributed by atoms with Crippen LogP contribution in [0.25, 0.3) is 44.7 Å². The smallest absolute Gasteiger partial charge is 0.246 e. The highest BCUT2D eigenvalue weighted by Gasteiger charge is 2.20. The molecule has 8 rings (SSSR count). The van der Waals surface area contributed by atoms with E-state index in [4.69, 9.17) is 17.7 Å². The molecule has 50 heavy (non-hydrogen) atoms. The summed E-state index contributed by atoms with van der Waals surface area (Å²) in [6.45, 7) is 18.5. The fourth-order valence-corrected chi connectivity index (χ4v) is 4.21. The van der Waals surface area contributed by atoms with Gasteiger partial charge >= 0.3 is 0 Å². The second kappa shape index (κ2) is 16.3. The van der Waals surface area contributed by atoms with Crippen LogP contribution in [0, 0.1) is 0 Å². The third-order valence-electron chi connectivity index (χ3n) is 6.89. The van der Waals surface area contributed by atoms with Gasteiger partial charge in [-0.3, -0.25) is 9.97 Å². The van der Waals surface area contributed by atoms with E-state index in [2.05, 4.69) is 74.5 Å². The summed E-state index contributed by atoms with van der Waals surface area (Å²) in [5.41, 5.74) is 6.16. The monoisotopic (exact) mass is 678 g/mol. The Kier molecular flexibility index (Phi) is 12.1. The number of oxazole rings is 4. The molecule has 0 saturated carbocycles. The zero-order chi connectivity index (χ0) is 35.1. The van der Waals surface area contributed by atoms with E-state index < -0.39 is 0 Å². The molecule has 12 heteroatoms. The number of pyridine rings is 4. The van der Waals surface area contributed by atoms with Crippen molar-refractivity contribution in [2.75, 3.05) is 0 Å². The Morgan fingerprint density at radius 3 is 1.76 bits per heavy atom. The molecule has 0 spiro atoms. The van der Waals surface area contributed by atoms with Gasteiger partial charge in [0.25, 0.3) is 0 Å². The Balaban J connectivity index is 0.000000149. The first-order chi connectivity index (χ1) is 23.4. The van der Waals surface area contributed by atoms with Crippen molar-refractivity contribution >= 4 is 44.7 Å². The maximum Gasteiger partial charge on any atom is 0.246 e. The van der Waals surface area contributed by atoms with Gasteiger partial charge in [0.1, 0.15) is 16.6 Å². The lowest BCUT2D eigenvalue weighted by molar-refractivity contribution is 0.410. The molecular formula is C38H46N8O4. The summed E-state index contributed by atoms with van der Waals surface area (Å²) < 4.78 is 21.9. The van der Waals surface area contributed by atoms with Gasteiger partial charge in [0.05, 0.1) is 12.4 Å². The normalized spacial score (nSPS) is 11.3. The van der Waals surface area contributed by atoms with Crippen LogP contribution in [0.15, 0.2) is 91.2 Å². The average molecular weight is 679 g/mol. The van der Waals surface area contributed by atoms with E-state index in [0.717, 1.165) is 56.9 Å². The first-order valence-corrected chi connectivity index (χ1v) is 16.2. The predicted octanol–water partition coefficient (Wildman–Crippen LogP) is 10.2. The molecule has 0 aliphatic heterocycles. The minimum Gasteiger partial charge on any atom is -0.440 e. The predicted molar refractivity (Wildman–Crippen MR) is 195 cm³/mol. The van der Waals surface area contributed by atoms with Crippen molar-refractivity contribution in [2.45, 2.75) is 92.9 Å². The number of hydrogen-bond acceptors (Lipinski definition) is 12. The van der Waals surface area contributed by atoms with Crippen LogP contribution in [0.3, 0.4) is 0 Å². The van der Waals surface area contributed by atoms with Crippen LogP contribution in [-0.2, 0) is 5.41 Å². The van der Waals surface area contributed by atoms with Crippen LogP contribution in [-0.4, -0.2) is 39.9 Å². The molecule has 8 aromatic rings. The van der Waals surface area contributed by atoms with E-state index in [9.17, 15) is 0 Å². The highest BCUT2D eigenvalue weighted by Crippen LogP contribution is 2.25. The van der Waals surface area contributed by atoms with Crippen molar-refractivity contribution in [1.29, 1.82) is 0 Å². The summed E-state index contributed by atoms with van der Waals surface area (Å²) in [6.07, 6.45) is 10.3. The Morgan fingerprint density at radius 2 is 1.12 bits per heavy atom. The van der Waals surface area contributed by atoms with Crippen LogP contribution >= 0.6 is 0 Å². The quantitative estimate of drug-likeness (QED) is 0.174. The summed E-state index contributed by atoms with van der Waals surface area (Å²) in [7, 11) is 0. The minimum absolute atomic E-state index is 0. The summed E-state index contributed by atoms with van der Waals surface area (Å²) >= 11 is 0. The SMILES string of the molecule is C.CC(C)(C)c1nc2ccncc2o1.CC(C)c1nc2cccnc2o1.CC(C)c1nc2cnccc2o1.CC(C)c1nc2ncccc2o1. The Morgan fingerprint density at radius 1 is 0.520 bits per heavy atom. The average Bonchev–Trinajstić information content (AvgIpc) is 3.88. The van der Waals surface area contributed by atoms with E-state index in [1.807, 2.05) is 64.1 Å². The van der Waals surface area contributed by atoms with Crippen LogP contribution in [0.4, 0.5) is 0 Å². The second-order valence-electron chi connectivity index (χ2n) is 13.2. The molecule has 8 heterocycles. The van der Waals surface area contributed by atoms with E-state index in [1.165, 1.54) is 0 Å². The zero-order valence-electron chi connectivity index (χ0n) is 29.4. The molecule has 0 radical (unpaired) electrons. The lowest BCUT2D eigenvalue weighted by atomic mass is 9.97. The van der Waals surface area contributed by atoms with Crippen molar-refractivity contribution in [3.05, 3.63) is 97.1 Å². The molecule has 12 nitrogen and oxygen atoms in total. The summed E-state index contributed by atoms with van der Waals surface area (Å²) in [5, 5.41) is 0. The largest absolute Gasteiger partial charge is 0.440 e. The van der Waals surface area contributed by atoms with Gasteiger partial charge in [-0.15, -0.1) is 0 Å². The molecule has 0 aromatic carbocycles. The van der Waals surface area contributed by atoms with Crippen molar-refractivity contribution in [3.63, 3.8) is 0 Å². The van der Waals surface area contributed by atoms with Gasteiger partial charge in [-0.2, -0.15) is 4.98 Å². The molecule has 0 aliphatic carbocycles. The van der Waals surface area contributed by atoms with Crippen LogP contribution in [0.2, 0.25) is 0 Å². The first kappa shape index (κ1) is 37.3. The Bertz CT molecular complexity index is 1920. The van der Waals surface area contributed by atoms with E-state index in [0.29, 0.717) is 29.1 Å². The summed E-state index contributed by atoms with van der Waals surface area (Å²) in [4.78, 5) is 33.2. The lowest BCUT2D eigenvalue weighted by Crippen LogP contribution is -2.10. The molecule has 262 valence electrons. The molecule has 0 atom stereocenters. The molecule has 0 unspecified atom stereocenters. The number of fused-ring (bicyclic) bond motifs is 4. The summed E-state index contributed by atoms with van der Waals surface area (Å²) in [5.74, 6) is 4.01. The van der Waals surface area contributed by atoms with E-state index >= 15 is 0 Å². The molecule has 0 bridgehead atoms. The highest BCUT2D eigenvalue weighted by molar-refractivity contribution is 5.71. The van der Waals surface area contributed by atoms with Gasteiger partial charge in [0.2, 0.25) is 11.6 Å². The molecule has 8 aromatic heterocycles. The Labute approximate surface area is 291 Å². The van der Waals surface area contributed by atoms with Gasteiger partial charge in [-0.1, -0.05) is 69.7 Å². The third kappa shape index (κ3) is 9.34. The Hall–Kier alpha value is -5.52. The number of nitrogens with zero attached hydrogens (tertiary/aromatic N) is 8.